The second kappa shape index (κ2) is 6.81. The van der Waals surface area contributed by atoms with Crippen LogP contribution in [0, 0.1) is 13.8 Å². The number of aromatic hydroxyl groups is 1. The van der Waals surface area contributed by atoms with E-state index in [9.17, 15) is 9.90 Å². The molecule has 4 N–H and O–H groups in total. The molecule has 0 aliphatic rings. The first-order valence-corrected chi connectivity index (χ1v) is 8.18. The molecular weight excluding hydrogens is 314 g/mol. The minimum atomic E-state index is -0.331. The third-order valence-corrected chi connectivity index (χ3v) is 4.32. The Morgan fingerprint density at radius 1 is 1.16 bits per heavy atom. The molecule has 1 amide bonds. The van der Waals surface area contributed by atoms with Gasteiger partial charge in [-0.25, -0.2) is 0 Å². The van der Waals surface area contributed by atoms with Crippen molar-refractivity contribution in [3.63, 3.8) is 0 Å². The number of H-pyrrole nitrogens is 1. The molecule has 3 rings (SSSR count). The molecule has 0 saturated heterocycles. The van der Waals surface area contributed by atoms with Gasteiger partial charge < -0.3 is 10.8 Å². The smallest absolute Gasteiger partial charge is 0.217 e. The van der Waals surface area contributed by atoms with E-state index in [0.717, 1.165) is 39.2 Å². The summed E-state index contributed by atoms with van der Waals surface area (Å²) < 4.78 is 0. The number of primary amides is 1. The lowest BCUT2D eigenvalue weighted by atomic mass is 9.92. The van der Waals surface area contributed by atoms with E-state index in [2.05, 4.69) is 16.3 Å². The topological polar surface area (TPSA) is 92.0 Å². The van der Waals surface area contributed by atoms with Gasteiger partial charge in [-0.1, -0.05) is 30.3 Å². The van der Waals surface area contributed by atoms with Crippen LogP contribution in [0.3, 0.4) is 0 Å². The summed E-state index contributed by atoms with van der Waals surface area (Å²) in [4.78, 5) is 11.3. The fourth-order valence-electron chi connectivity index (χ4n) is 3.15. The zero-order chi connectivity index (χ0) is 18.0. The first-order chi connectivity index (χ1) is 12.0. The largest absolute Gasteiger partial charge is 0.508 e. The van der Waals surface area contributed by atoms with E-state index in [1.54, 1.807) is 18.2 Å². The molecule has 5 nitrogen and oxygen atoms in total. The van der Waals surface area contributed by atoms with Crippen molar-refractivity contribution >= 4 is 5.91 Å². The number of nitrogens with one attached hydrogen (secondary N) is 1. The van der Waals surface area contributed by atoms with E-state index < -0.39 is 0 Å². The van der Waals surface area contributed by atoms with Crippen LogP contribution in [0.2, 0.25) is 0 Å². The molecule has 25 heavy (non-hydrogen) atoms. The molecule has 0 fully saturated rings. The summed E-state index contributed by atoms with van der Waals surface area (Å²) >= 11 is 0. The van der Waals surface area contributed by atoms with Gasteiger partial charge in [0.1, 0.15) is 5.75 Å². The number of carbonyl (C=O) groups excluding carboxylic acids is 1. The average molecular weight is 335 g/mol. The van der Waals surface area contributed by atoms with Gasteiger partial charge in [-0.15, -0.1) is 0 Å². The summed E-state index contributed by atoms with van der Waals surface area (Å²) in [6.07, 6.45) is 0.822. The molecule has 0 bridgehead atoms. The number of phenolic OH excluding ortho intramolecular Hbond substituents is 1. The summed E-state index contributed by atoms with van der Waals surface area (Å²) in [6.45, 7) is 3.95. The maximum absolute atomic E-state index is 11.3. The number of benzene rings is 2. The van der Waals surface area contributed by atoms with Crippen molar-refractivity contribution in [1.82, 2.24) is 10.2 Å². The standard InChI is InChI=1S/C20H21N3O2/c1-12-20(13(2)23-22-12)16-6-8-18(14-4-3-5-17(24)11-14)15(10-16)7-9-19(21)25/h3-6,8,10-11,24H,7,9H2,1-2H3,(H2,21,25)(H,22,23). The van der Waals surface area contributed by atoms with Crippen molar-refractivity contribution in [3.8, 4) is 28.0 Å². The Labute approximate surface area is 146 Å². The third-order valence-electron chi connectivity index (χ3n) is 4.32. The molecule has 2 aromatic carbocycles. The van der Waals surface area contributed by atoms with E-state index in [1.165, 1.54) is 0 Å². The van der Waals surface area contributed by atoms with Crippen LogP contribution in [0.4, 0.5) is 0 Å². The molecule has 0 aliphatic heterocycles. The van der Waals surface area contributed by atoms with E-state index in [0.29, 0.717) is 6.42 Å². The number of nitrogens with zero attached hydrogens (tertiary/aromatic N) is 1. The molecule has 3 aromatic rings. The number of rotatable bonds is 5. The van der Waals surface area contributed by atoms with Crippen LogP contribution >= 0.6 is 0 Å². The number of phenols is 1. The average Bonchev–Trinajstić information content (AvgIpc) is 2.91. The Kier molecular flexibility index (Phi) is 4.57. The van der Waals surface area contributed by atoms with Gasteiger partial charge in [0, 0.05) is 17.7 Å². The summed E-state index contributed by atoms with van der Waals surface area (Å²) in [6, 6.07) is 13.2. The SMILES string of the molecule is Cc1n[nH]c(C)c1-c1ccc(-c2cccc(O)c2)c(CCC(N)=O)c1. The van der Waals surface area contributed by atoms with Gasteiger partial charge in [0.05, 0.1) is 5.69 Å². The van der Waals surface area contributed by atoms with Gasteiger partial charge in [-0.05, 0) is 54.7 Å². The molecule has 1 aromatic heterocycles. The highest BCUT2D eigenvalue weighted by Crippen LogP contribution is 2.33. The quantitative estimate of drug-likeness (QED) is 0.666. The Hall–Kier alpha value is -3.08. The Balaban J connectivity index is 2.11. The molecular formula is C20H21N3O2. The second-order valence-electron chi connectivity index (χ2n) is 6.20. The highest BCUT2D eigenvalue weighted by Gasteiger charge is 2.13. The van der Waals surface area contributed by atoms with Crippen molar-refractivity contribution in [1.29, 1.82) is 0 Å². The van der Waals surface area contributed by atoms with E-state index in [1.807, 2.05) is 32.0 Å². The van der Waals surface area contributed by atoms with E-state index in [-0.39, 0.29) is 18.1 Å². The van der Waals surface area contributed by atoms with Crippen LogP contribution in [0.5, 0.6) is 5.75 Å². The fraction of sp³-hybridized carbons (Fsp3) is 0.200. The summed E-state index contributed by atoms with van der Waals surface area (Å²) in [5.74, 6) is -0.119. The minimum Gasteiger partial charge on any atom is -0.508 e. The third kappa shape index (κ3) is 3.55. The maximum atomic E-state index is 11.3. The Bertz CT molecular complexity index is 909. The van der Waals surface area contributed by atoms with Crippen LogP contribution < -0.4 is 5.73 Å². The van der Waals surface area contributed by atoms with E-state index >= 15 is 0 Å². The number of carbonyl (C=O) groups is 1. The van der Waals surface area contributed by atoms with Gasteiger partial charge in [-0.2, -0.15) is 5.10 Å². The number of aromatic nitrogens is 2. The monoisotopic (exact) mass is 335 g/mol. The van der Waals surface area contributed by atoms with Crippen molar-refractivity contribution in [2.24, 2.45) is 5.73 Å². The predicted molar refractivity (Wildman–Crippen MR) is 98.1 cm³/mol. The molecule has 0 atom stereocenters. The molecule has 0 unspecified atom stereocenters. The molecule has 5 heteroatoms. The lowest BCUT2D eigenvalue weighted by molar-refractivity contribution is -0.117. The van der Waals surface area contributed by atoms with Gasteiger partial charge in [0.2, 0.25) is 5.91 Å². The molecule has 0 saturated carbocycles. The number of aryl methyl sites for hydroxylation is 3. The van der Waals surface area contributed by atoms with Crippen molar-refractivity contribution < 1.29 is 9.90 Å². The zero-order valence-electron chi connectivity index (χ0n) is 14.3. The lowest BCUT2D eigenvalue weighted by Gasteiger charge is -2.13. The minimum absolute atomic E-state index is 0.212. The Morgan fingerprint density at radius 3 is 2.60 bits per heavy atom. The van der Waals surface area contributed by atoms with E-state index in [4.69, 9.17) is 5.73 Å². The summed E-state index contributed by atoms with van der Waals surface area (Å²) in [5.41, 5.74) is 12.3. The lowest BCUT2D eigenvalue weighted by Crippen LogP contribution is -2.11. The molecule has 0 aliphatic carbocycles. The van der Waals surface area contributed by atoms with Gasteiger partial charge in [-0.3, -0.25) is 9.89 Å². The normalized spacial score (nSPS) is 10.8. The van der Waals surface area contributed by atoms with Crippen LogP contribution in [-0.4, -0.2) is 21.2 Å². The maximum Gasteiger partial charge on any atom is 0.217 e. The summed E-state index contributed by atoms with van der Waals surface area (Å²) in [5, 5.41) is 17.0. The molecule has 0 radical (unpaired) electrons. The number of aromatic amines is 1. The van der Waals surface area contributed by atoms with Crippen LogP contribution in [0.15, 0.2) is 42.5 Å². The van der Waals surface area contributed by atoms with Gasteiger partial charge in [0.25, 0.3) is 0 Å². The highest BCUT2D eigenvalue weighted by molar-refractivity contribution is 5.78. The second-order valence-corrected chi connectivity index (χ2v) is 6.20. The number of hydrogen-bond donors (Lipinski definition) is 3. The number of hydrogen-bond acceptors (Lipinski definition) is 3. The summed E-state index contributed by atoms with van der Waals surface area (Å²) in [7, 11) is 0. The van der Waals surface area contributed by atoms with Gasteiger partial charge in [0.15, 0.2) is 0 Å². The predicted octanol–water partition coefficient (Wildman–Crippen LogP) is 3.48. The first-order valence-electron chi connectivity index (χ1n) is 8.18. The highest BCUT2D eigenvalue weighted by atomic mass is 16.3. The van der Waals surface area contributed by atoms with Crippen LogP contribution in [0.1, 0.15) is 23.4 Å². The van der Waals surface area contributed by atoms with Crippen molar-refractivity contribution in [3.05, 3.63) is 59.4 Å². The van der Waals surface area contributed by atoms with Crippen LogP contribution in [-0.2, 0) is 11.2 Å². The first kappa shape index (κ1) is 16.8. The number of amides is 1. The zero-order valence-corrected chi connectivity index (χ0v) is 14.3. The number of nitrogens with two attached hydrogens (primary N) is 1. The van der Waals surface area contributed by atoms with Crippen molar-refractivity contribution in [2.45, 2.75) is 26.7 Å². The van der Waals surface area contributed by atoms with Crippen molar-refractivity contribution in [2.75, 3.05) is 0 Å². The van der Waals surface area contributed by atoms with Gasteiger partial charge >= 0.3 is 0 Å². The van der Waals surface area contributed by atoms with Crippen LogP contribution in [0.25, 0.3) is 22.3 Å². The molecule has 128 valence electrons. The fourth-order valence-corrected chi connectivity index (χ4v) is 3.15. The molecule has 1 heterocycles. The Morgan fingerprint density at radius 2 is 1.96 bits per heavy atom. The molecule has 0 spiro atoms.